The van der Waals surface area contributed by atoms with Crippen molar-refractivity contribution in [3.8, 4) is 5.75 Å². The minimum Gasteiger partial charge on any atom is -0.495 e. The third-order valence-electron chi connectivity index (χ3n) is 2.62. The molecule has 5 heteroatoms. The molecule has 0 radical (unpaired) electrons. The van der Waals surface area contributed by atoms with Crippen LogP contribution in [-0.2, 0) is 6.54 Å². The molecule has 2 N–H and O–H groups in total. The summed E-state index contributed by atoms with van der Waals surface area (Å²) in [5, 5.41) is 0. The van der Waals surface area contributed by atoms with E-state index in [1.807, 2.05) is 31.3 Å². The van der Waals surface area contributed by atoms with Crippen LogP contribution in [0.1, 0.15) is 5.69 Å². The van der Waals surface area contributed by atoms with Crippen LogP contribution in [0.4, 0.5) is 11.5 Å². The Balaban J connectivity index is 2.16. The van der Waals surface area contributed by atoms with Crippen LogP contribution in [0.3, 0.4) is 0 Å². The minimum absolute atomic E-state index is 0.429. The van der Waals surface area contributed by atoms with E-state index in [0.29, 0.717) is 12.4 Å². The first-order valence-corrected chi connectivity index (χ1v) is 5.61. The van der Waals surface area contributed by atoms with Gasteiger partial charge in [-0.3, -0.25) is 4.98 Å². The second kappa shape index (κ2) is 5.35. The Kier molecular flexibility index (Phi) is 3.62. The zero-order valence-electron chi connectivity index (χ0n) is 10.5. The lowest BCUT2D eigenvalue weighted by molar-refractivity contribution is 0.414. The molecular weight excluding hydrogens is 228 g/mol. The van der Waals surface area contributed by atoms with Gasteiger partial charge in [-0.1, -0.05) is 12.1 Å². The normalized spacial score (nSPS) is 10.1. The van der Waals surface area contributed by atoms with Gasteiger partial charge in [0.1, 0.15) is 11.6 Å². The summed E-state index contributed by atoms with van der Waals surface area (Å²) in [5.74, 6) is 1.27. The lowest BCUT2D eigenvalue weighted by Crippen LogP contribution is -2.18. The SMILES string of the molecule is COc1ccccc1N(C)Cc1cnc(N)cn1. The number of nitrogen functional groups attached to an aromatic ring is 1. The third-order valence-corrected chi connectivity index (χ3v) is 2.62. The first kappa shape index (κ1) is 12.2. The second-order valence-corrected chi connectivity index (χ2v) is 3.96. The highest BCUT2D eigenvalue weighted by Gasteiger charge is 2.08. The summed E-state index contributed by atoms with van der Waals surface area (Å²) in [4.78, 5) is 10.3. The van der Waals surface area contributed by atoms with E-state index in [4.69, 9.17) is 10.5 Å². The van der Waals surface area contributed by atoms with Crippen LogP contribution in [0.15, 0.2) is 36.7 Å². The smallest absolute Gasteiger partial charge is 0.142 e. The Hall–Kier alpha value is -2.30. The molecule has 0 saturated carbocycles. The molecular formula is C13H16N4O. The monoisotopic (exact) mass is 244 g/mol. The molecule has 1 aromatic heterocycles. The average Bonchev–Trinajstić information content (AvgIpc) is 2.41. The minimum atomic E-state index is 0.429. The van der Waals surface area contributed by atoms with Crippen molar-refractivity contribution in [2.45, 2.75) is 6.54 Å². The van der Waals surface area contributed by atoms with Crippen LogP contribution < -0.4 is 15.4 Å². The lowest BCUT2D eigenvalue weighted by atomic mass is 10.2. The lowest BCUT2D eigenvalue weighted by Gasteiger charge is -2.21. The Morgan fingerprint density at radius 1 is 1.22 bits per heavy atom. The van der Waals surface area contributed by atoms with E-state index in [1.165, 1.54) is 0 Å². The fourth-order valence-electron chi connectivity index (χ4n) is 1.72. The van der Waals surface area contributed by atoms with Crippen molar-refractivity contribution >= 4 is 11.5 Å². The van der Waals surface area contributed by atoms with Gasteiger partial charge in [0, 0.05) is 7.05 Å². The molecule has 0 amide bonds. The van der Waals surface area contributed by atoms with E-state index < -0.39 is 0 Å². The highest BCUT2D eigenvalue weighted by atomic mass is 16.5. The van der Waals surface area contributed by atoms with Gasteiger partial charge < -0.3 is 15.4 Å². The molecule has 0 saturated heterocycles. The van der Waals surface area contributed by atoms with E-state index in [1.54, 1.807) is 19.5 Å². The summed E-state index contributed by atoms with van der Waals surface area (Å²) in [6, 6.07) is 7.85. The van der Waals surface area contributed by atoms with Crippen LogP contribution in [0.5, 0.6) is 5.75 Å². The fraction of sp³-hybridized carbons (Fsp3) is 0.231. The molecule has 18 heavy (non-hydrogen) atoms. The van der Waals surface area contributed by atoms with Gasteiger partial charge >= 0.3 is 0 Å². The first-order valence-electron chi connectivity index (χ1n) is 5.61. The number of methoxy groups -OCH3 is 1. The standard InChI is InChI=1S/C13H16N4O/c1-17(9-10-7-16-13(14)8-15-10)11-5-3-4-6-12(11)18-2/h3-8H,9H2,1-2H3,(H2,14,16). The average molecular weight is 244 g/mol. The van der Waals surface area contributed by atoms with Gasteiger partial charge in [-0.15, -0.1) is 0 Å². The van der Waals surface area contributed by atoms with Gasteiger partial charge in [-0.2, -0.15) is 0 Å². The van der Waals surface area contributed by atoms with Crippen molar-refractivity contribution in [1.29, 1.82) is 0 Å². The Labute approximate surface area is 106 Å². The number of nitrogens with zero attached hydrogens (tertiary/aromatic N) is 3. The Morgan fingerprint density at radius 2 is 2.00 bits per heavy atom. The maximum Gasteiger partial charge on any atom is 0.142 e. The zero-order valence-corrected chi connectivity index (χ0v) is 10.5. The molecule has 2 rings (SSSR count). The third kappa shape index (κ3) is 2.68. The molecule has 1 heterocycles. The number of nitrogens with two attached hydrogens (primary N) is 1. The number of aromatic nitrogens is 2. The number of anilines is 2. The Morgan fingerprint density at radius 3 is 2.67 bits per heavy atom. The quantitative estimate of drug-likeness (QED) is 0.886. The molecule has 5 nitrogen and oxygen atoms in total. The van der Waals surface area contributed by atoms with Crippen LogP contribution in [0, 0.1) is 0 Å². The van der Waals surface area contributed by atoms with Crippen LogP contribution in [0.2, 0.25) is 0 Å². The van der Waals surface area contributed by atoms with E-state index in [9.17, 15) is 0 Å². The number of rotatable bonds is 4. The molecule has 0 aliphatic carbocycles. The highest BCUT2D eigenvalue weighted by Crippen LogP contribution is 2.27. The van der Waals surface area contributed by atoms with Gasteiger partial charge in [0.2, 0.25) is 0 Å². The van der Waals surface area contributed by atoms with Crippen molar-refractivity contribution in [3.63, 3.8) is 0 Å². The maximum absolute atomic E-state index is 5.51. The highest BCUT2D eigenvalue weighted by molar-refractivity contribution is 5.57. The predicted octanol–water partition coefficient (Wildman–Crippen LogP) is 1.70. The van der Waals surface area contributed by atoms with Crippen LogP contribution >= 0.6 is 0 Å². The van der Waals surface area contributed by atoms with Crippen LogP contribution in [0.25, 0.3) is 0 Å². The van der Waals surface area contributed by atoms with Gasteiger partial charge in [0.15, 0.2) is 0 Å². The van der Waals surface area contributed by atoms with E-state index in [2.05, 4.69) is 14.9 Å². The number of hydrogen-bond donors (Lipinski definition) is 1. The summed E-state index contributed by atoms with van der Waals surface area (Å²) in [6.45, 7) is 0.646. The summed E-state index contributed by atoms with van der Waals surface area (Å²) >= 11 is 0. The molecule has 0 aliphatic rings. The largest absolute Gasteiger partial charge is 0.495 e. The fourth-order valence-corrected chi connectivity index (χ4v) is 1.72. The van der Waals surface area contributed by atoms with Crippen molar-refractivity contribution in [1.82, 2.24) is 9.97 Å². The number of para-hydroxylation sites is 2. The molecule has 0 aliphatic heterocycles. The predicted molar refractivity (Wildman–Crippen MR) is 71.5 cm³/mol. The number of hydrogen-bond acceptors (Lipinski definition) is 5. The molecule has 0 spiro atoms. The molecule has 0 fully saturated rings. The maximum atomic E-state index is 5.51. The van der Waals surface area contributed by atoms with Crippen molar-refractivity contribution in [2.24, 2.45) is 0 Å². The molecule has 0 bridgehead atoms. The van der Waals surface area contributed by atoms with Gasteiger partial charge in [-0.25, -0.2) is 4.98 Å². The van der Waals surface area contributed by atoms with Crippen LogP contribution in [-0.4, -0.2) is 24.1 Å². The Bertz CT molecular complexity index is 513. The zero-order chi connectivity index (χ0) is 13.0. The summed E-state index contributed by atoms with van der Waals surface area (Å²) < 4.78 is 5.33. The summed E-state index contributed by atoms with van der Waals surface area (Å²) in [7, 11) is 3.64. The summed E-state index contributed by atoms with van der Waals surface area (Å²) in [6.07, 6.45) is 3.24. The molecule has 1 aromatic carbocycles. The molecule has 2 aromatic rings. The van der Waals surface area contributed by atoms with Gasteiger partial charge in [0.25, 0.3) is 0 Å². The molecule has 0 atom stereocenters. The van der Waals surface area contributed by atoms with E-state index in [-0.39, 0.29) is 0 Å². The van der Waals surface area contributed by atoms with Gasteiger partial charge in [-0.05, 0) is 12.1 Å². The summed E-state index contributed by atoms with van der Waals surface area (Å²) in [5.41, 5.74) is 7.38. The van der Waals surface area contributed by atoms with E-state index in [0.717, 1.165) is 17.1 Å². The van der Waals surface area contributed by atoms with Gasteiger partial charge in [0.05, 0.1) is 37.4 Å². The molecule has 0 unspecified atom stereocenters. The van der Waals surface area contributed by atoms with Crippen molar-refractivity contribution < 1.29 is 4.74 Å². The number of benzene rings is 1. The van der Waals surface area contributed by atoms with E-state index >= 15 is 0 Å². The number of ether oxygens (including phenoxy) is 1. The molecule has 94 valence electrons. The first-order chi connectivity index (χ1) is 8.70. The second-order valence-electron chi connectivity index (χ2n) is 3.96. The van der Waals surface area contributed by atoms with Crippen molar-refractivity contribution in [3.05, 3.63) is 42.4 Å². The van der Waals surface area contributed by atoms with Crippen molar-refractivity contribution in [2.75, 3.05) is 24.8 Å². The topological polar surface area (TPSA) is 64.3 Å².